The standard InChI is InChI=1S/C30H36N6O3/c1-31-23-11-16-36(38,17-12-23)27-8-13-32-29-26(27)19-24(34(29)4)20-35-14-9-21(10-15-35)25-7-6-22(18-28(25)39-5)30(37)33(2)3/h6-9,11-13,16,18-19,31H,10,14-15,17,20H2,1-5H3. The van der Waals surface area contributed by atoms with E-state index in [1.807, 2.05) is 50.5 Å². The first-order chi connectivity index (χ1) is 18.7. The summed E-state index contributed by atoms with van der Waals surface area (Å²) >= 11 is 0. The van der Waals surface area contributed by atoms with Gasteiger partial charge in [-0.25, -0.2) is 4.98 Å². The third kappa shape index (κ3) is 5.08. The molecule has 3 aromatic rings. The van der Waals surface area contributed by atoms with Crippen LogP contribution in [-0.4, -0.2) is 73.1 Å². The molecule has 0 bridgehead atoms. The van der Waals surface area contributed by atoms with E-state index in [2.05, 4.69) is 31.9 Å². The molecule has 1 N–H and O–H groups in total. The van der Waals surface area contributed by atoms with Crippen molar-refractivity contribution in [2.24, 2.45) is 7.05 Å². The number of likely N-dealkylation sites (N-methyl/N-ethyl adjacent to an activating group) is 1. The number of hydroxylamine groups is 2. The number of aryl methyl sites for hydroxylation is 1. The molecular weight excluding hydrogens is 492 g/mol. The fraction of sp³-hybridized carbons (Fsp3) is 0.333. The number of methoxy groups -OCH3 is 1. The second-order valence-electron chi connectivity index (χ2n) is 10.3. The molecule has 4 heterocycles. The van der Waals surface area contributed by atoms with E-state index in [9.17, 15) is 10.0 Å². The molecule has 1 atom stereocenters. The SMILES string of the molecule is CNC1=CC[N+]([O-])(c2ccnc3c2cc(CN2CC=C(c4ccc(C(=O)N(C)C)cc4OC)CC2)n3C)C=C1. The van der Waals surface area contributed by atoms with Crippen LogP contribution in [0.5, 0.6) is 5.75 Å². The van der Waals surface area contributed by atoms with Crippen molar-refractivity contribution in [2.45, 2.75) is 13.0 Å². The van der Waals surface area contributed by atoms with Crippen LogP contribution in [0.1, 0.15) is 28.0 Å². The Kier molecular flexibility index (Phi) is 7.31. The van der Waals surface area contributed by atoms with Crippen molar-refractivity contribution < 1.29 is 9.53 Å². The molecule has 39 heavy (non-hydrogen) atoms. The zero-order valence-electron chi connectivity index (χ0n) is 23.3. The van der Waals surface area contributed by atoms with Gasteiger partial charge in [0.2, 0.25) is 0 Å². The molecule has 1 unspecified atom stereocenters. The number of quaternary nitrogens is 1. The quantitative estimate of drug-likeness (QED) is 0.369. The van der Waals surface area contributed by atoms with E-state index in [0.29, 0.717) is 23.5 Å². The summed E-state index contributed by atoms with van der Waals surface area (Å²) in [6, 6.07) is 9.63. The molecule has 1 aromatic carbocycles. The molecule has 9 heteroatoms. The third-order valence-electron chi connectivity index (χ3n) is 7.66. The van der Waals surface area contributed by atoms with Gasteiger partial charge in [0.25, 0.3) is 5.91 Å². The third-order valence-corrected chi connectivity index (χ3v) is 7.66. The van der Waals surface area contributed by atoms with E-state index in [1.165, 1.54) is 5.57 Å². The highest BCUT2D eigenvalue weighted by Crippen LogP contribution is 2.35. The minimum Gasteiger partial charge on any atom is -0.622 e. The molecule has 9 nitrogen and oxygen atoms in total. The van der Waals surface area contributed by atoms with Crippen molar-refractivity contribution in [3.05, 3.63) is 88.7 Å². The van der Waals surface area contributed by atoms with Gasteiger partial charge in [-0.2, -0.15) is 0 Å². The number of ether oxygens (including phenoxy) is 1. The normalized spacial score (nSPS) is 19.5. The maximum Gasteiger partial charge on any atom is 0.253 e. The zero-order chi connectivity index (χ0) is 27.7. The van der Waals surface area contributed by atoms with E-state index in [0.717, 1.165) is 54.0 Å². The lowest BCUT2D eigenvalue weighted by molar-refractivity contribution is 0.0827. The van der Waals surface area contributed by atoms with E-state index in [4.69, 9.17) is 4.74 Å². The second kappa shape index (κ2) is 10.7. The van der Waals surface area contributed by atoms with E-state index < -0.39 is 4.65 Å². The Balaban J connectivity index is 1.35. The number of fused-ring (bicyclic) bond motifs is 1. The van der Waals surface area contributed by atoms with Gasteiger partial charge in [-0.15, -0.1) is 0 Å². The minimum absolute atomic E-state index is 0.0448. The van der Waals surface area contributed by atoms with Crippen LogP contribution in [-0.2, 0) is 13.6 Å². The van der Waals surface area contributed by atoms with Crippen LogP contribution in [0.3, 0.4) is 0 Å². The smallest absolute Gasteiger partial charge is 0.253 e. The zero-order valence-corrected chi connectivity index (χ0v) is 23.3. The number of benzene rings is 1. The fourth-order valence-electron chi connectivity index (χ4n) is 5.34. The van der Waals surface area contributed by atoms with Crippen LogP contribution in [0.4, 0.5) is 5.69 Å². The van der Waals surface area contributed by atoms with Crippen molar-refractivity contribution in [1.29, 1.82) is 0 Å². The Labute approximate surface area is 229 Å². The van der Waals surface area contributed by atoms with Gasteiger partial charge < -0.3 is 24.7 Å². The molecule has 0 fully saturated rings. The van der Waals surface area contributed by atoms with Crippen LogP contribution in [0, 0.1) is 5.21 Å². The number of carbonyl (C=O) groups is 1. The number of hydrogen-bond donors (Lipinski definition) is 1. The molecule has 0 radical (unpaired) electrons. The van der Waals surface area contributed by atoms with Gasteiger partial charge in [0.15, 0.2) is 0 Å². The van der Waals surface area contributed by atoms with Crippen molar-refractivity contribution >= 4 is 28.2 Å². The van der Waals surface area contributed by atoms with Crippen molar-refractivity contribution in [1.82, 2.24) is 29.3 Å². The van der Waals surface area contributed by atoms with Crippen LogP contribution in [0.25, 0.3) is 16.6 Å². The number of rotatable bonds is 7. The lowest BCUT2D eigenvalue weighted by Gasteiger charge is -2.39. The number of hydrogen-bond acceptors (Lipinski definition) is 6. The molecule has 2 aliphatic rings. The van der Waals surface area contributed by atoms with Crippen LogP contribution in [0.15, 0.2) is 66.7 Å². The van der Waals surface area contributed by atoms with E-state index in [-0.39, 0.29) is 5.91 Å². The van der Waals surface area contributed by atoms with Gasteiger partial charge in [-0.1, -0.05) is 12.1 Å². The Morgan fingerprint density at radius 2 is 2.05 bits per heavy atom. The summed E-state index contributed by atoms with van der Waals surface area (Å²) < 4.78 is 7.20. The van der Waals surface area contributed by atoms with E-state index >= 15 is 0 Å². The predicted octanol–water partition coefficient (Wildman–Crippen LogP) is 4.01. The summed E-state index contributed by atoms with van der Waals surface area (Å²) in [5.74, 6) is 0.671. The summed E-state index contributed by atoms with van der Waals surface area (Å²) in [4.78, 5) is 20.9. The summed E-state index contributed by atoms with van der Waals surface area (Å²) in [6.07, 6.45) is 10.3. The molecule has 204 valence electrons. The average molecular weight is 529 g/mol. The minimum atomic E-state index is -0.537. The number of aromatic nitrogens is 2. The number of allylic oxidation sites excluding steroid dienone is 1. The van der Waals surface area contributed by atoms with Crippen molar-refractivity contribution in [3.63, 3.8) is 0 Å². The highest BCUT2D eigenvalue weighted by Gasteiger charge is 2.26. The molecule has 1 amide bonds. The van der Waals surface area contributed by atoms with E-state index in [1.54, 1.807) is 38.5 Å². The number of amides is 1. The highest BCUT2D eigenvalue weighted by atomic mass is 16.5. The molecule has 2 aliphatic heterocycles. The number of carbonyl (C=O) groups excluding carboxylic acids is 1. The molecule has 0 aliphatic carbocycles. The van der Waals surface area contributed by atoms with Gasteiger partial charge in [-0.3, -0.25) is 14.3 Å². The monoisotopic (exact) mass is 528 g/mol. The van der Waals surface area contributed by atoms with Gasteiger partial charge in [0, 0.05) is 88.7 Å². The Bertz CT molecular complexity index is 1500. The maximum atomic E-state index is 13.7. The Hall–Kier alpha value is -3.92. The first-order valence-electron chi connectivity index (χ1n) is 13.2. The Morgan fingerprint density at radius 1 is 1.23 bits per heavy atom. The number of pyridine rings is 1. The number of nitrogens with zero attached hydrogens (tertiary/aromatic N) is 5. The summed E-state index contributed by atoms with van der Waals surface area (Å²) in [6.45, 7) is 2.77. The Morgan fingerprint density at radius 3 is 2.69 bits per heavy atom. The highest BCUT2D eigenvalue weighted by molar-refractivity contribution is 5.95. The second-order valence-corrected chi connectivity index (χ2v) is 10.3. The molecule has 0 spiro atoms. The van der Waals surface area contributed by atoms with Crippen LogP contribution >= 0.6 is 0 Å². The van der Waals surface area contributed by atoms with Gasteiger partial charge in [0.05, 0.1) is 12.5 Å². The van der Waals surface area contributed by atoms with Crippen molar-refractivity contribution in [3.8, 4) is 5.75 Å². The van der Waals surface area contributed by atoms with Crippen LogP contribution < -0.4 is 14.7 Å². The largest absolute Gasteiger partial charge is 0.622 e. The lowest BCUT2D eigenvalue weighted by Crippen LogP contribution is -2.39. The first kappa shape index (κ1) is 26.7. The summed E-state index contributed by atoms with van der Waals surface area (Å²) in [5, 5.41) is 17.7. The fourth-order valence-corrected chi connectivity index (χ4v) is 5.34. The van der Waals surface area contributed by atoms with Gasteiger partial charge in [0.1, 0.15) is 29.8 Å². The number of nitrogens with one attached hydrogen (secondary N) is 1. The van der Waals surface area contributed by atoms with Crippen LogP contribution in [0.2, 0.25) is 0 Å². The summed E-state index contributed by atoms with van der Waals surface area (Å²) in [7, 11) is 9.01. The first-order valence-corrected chi connectivity index (χ1v) is 13.2. The lowest BCUT2D eigenvalue weighted by atomic mass is 9.97. The summed E-state index contributed by atoms with van der Waals surface area (Å²) in [5.41, 5.74) is 6.45. The predicted molar refractivity (Wildman–Crippen MR) is 156 cm³/mol. The van der Waals surface area contributed by atoms with Gasteiger partial charge >= 0.3 is 0 Å². The van der Waals surface area contributed by atoms with Crippen molar-refractivity contribution in [2.75, 3.05) is 47.9 Å². The molecule has 5 rings (SSSR count). The molecule has 2 aromatic heterocycles. The average Bonchev–Trinajstić information content (AvgIpc) is 3.27. The molecular formula is C30H36N6O3. The maximum absolute atomic E-state index is 13.7. The topological polar surface area (TPSA) is 85.7 Å². The molecule has 0 saturated carbocycles. The van der Waals surface area contributed by atoms with Gasteiger partial charge in [-0.05, 0) is 36.3 Å². The molecule has 0 saturated heterocycles.